The third kappa shape index (κ3) is 3.11. The van der Waals surface area contributed by atoms with Crippen molar-refractivity contribution in [1.82, 2.24) is 9.55 Å². The summed E-state index contributed by atoms with van der Waals surface area (Å²) in [5, 5.41) is 3.24. The molecule has 0 saturated carbocycles. The molecule has 0 aliphatic heterocycles. The molecule has 18 heavy (non-hydrogen) atoms. The lowest BCUT2D eigenvalue weighted by Gasteiger charge is -2.10. The Bertz CT molecular complexity index is 504. The van der Waals surface area contributed by atoms with E-state index in [1.165, 1.54) is 5.56 Å². The number of methoxy groups -OCH3 is 1. The third-order valence-electron chi connectivity index (χ3n) is 2.54. The number of nitrogens with zero attached hydrogens (tertiary/aromatic N) is 2. The van der Waals surface area contributed by atoms with Crippen LogP contribution in [-0.2, 0) is 4.74 Å². The second kappa shape index (κ2) is 6.02. The van der Waals surface area contributed by atoms with Gasteiger partial charge in [-0.05, 0) is 30.7 Å². The fourth-order valence-electron chi connectivity index (χ4n) is 1.76. The van der Waals surface area contributed by atoms with Gasteiger partial charge in [0.15, 0.2) is 0 Å². The fraction of sp³-hybridized carbons (Fsp3) is 0.308. The predicted octanol–water partition coefficient (Wildman–Crippen LogP) is 3.00. The smallest absolute Gasteiger partial charge is 0.207 e. The zero-order valence-corrected chi connectivity index (χ0v) is 12.1. The molecule has 0 saturated heterocycles. The first kappa shape index (κ1) is 13.1. The summed E-state index contributed by atoms with van der Waals surface area (Å²) in [6.07, 6.45) is 3.72. The van der Waals surface area contributed by atoms with Gasteiger partial charge in [-0.25, -0.2) is 4.98 Å². The largest absolute Gasteiger partial charge is 0.383 e. The Morgan fingerprint density at radius 2 is 2.22 bits per heavy atom. The van der Waals surface area contributed by atoms with Crippen molar-refractivity contribution in [3.05, 3.63) is 40.6 Å². The Morgan fingerprint density at radius 1 is 1.39 bits per heavy atom. The molecule has 0 unspecified atom stereocenters. The van der Waals surface area contributed by atoms with Gasteiger partial charge in [-0.2, -0.15) is 0 Å². The van der Waals surface area contributed by atoms with Crippen LogP contribution in [0.4, 0.5) is 5.95 Å². The Hall–Kier alpha value is -1.33. The van der Waals surface area contributed by atoms with E-state index in [9.17, 15) is 0 Å². The van der Waals surface area contributed by atoms with Crippen molar-refractivity contribution in [3.63, 3.8) is 0 Å². The highest BCUT2D eigenvalue weighted by atomic mass is 79.9. The van der Waals surface area contributed by atoms with Gasteiger partial charge in [-0.3, -0.25) is 4.57 Å². The number of aromatic nitrogens is 2. The molecule has 0 spiro atoms. The number of rotatable bonds is 5. The normalized spacial score (nSPS) is 10.6. The number of hydrogen-bond acceptors (Lipinski definition) is 3. The quantitative estimate of drug-likeness (QED) is 0.863. The van der Waals surface area contributed by atoms with Gasteiger partial charge >= 0.3 is 0 Å². The summed E-state index contributed by atoms with van der Waals surface area (Å²) in [6.45, 7) is 3.47. The molecule has 0 amide bonds. The highest BCUT2D eigenvalue weighted by molar-refractivity contribution is 9.10. The number of aryl methyl sites for hydroxylation is 1. The lowest BCUT2D eigenvalue weighted by molar-refractivity contribution is 0.210. The maximum atomic E-state index is 5.02. The topological polar surface area (TPSA) is 39.1 Å². The van der Waals surface area contributed by atoms with Crippen molar-refractivity contribution in [2.45, 2.75) is 6.92 Å². The Kier molecular flexibility index (Phi) is 4.38. The van der Waals surface area contributed by atoms with Crippen molar-refractivity contribution in [1.29, 1.82) is 0 Å². The third-order valence-corrected chi connectivity index (χ3v) is 2.99. The van der Waals surface area contributed by atoms with Gasteiger partial charge < -0.3 is 10.1 Å². The molecule has 4 nitrogen and oxygen atoms in total. The first-order valence-electron chi connectivity index (χ1n) is 5.74. The van der Waals surface area contributed by atoms with E-state index < -0.39 is 0 Å². The number of anilines is 1. The second-order valence-electron chi connectivity index (χ2n) is 4.03. The molecule has 0 radical (unpaired) electrons. The summed E-state index contributed by atoms with van der Waals surface area (Å²) < 4.78 is 8.10. The molecule has 0 aliphatic carbocycles. The molecule has 96 valence electrons. The van der Waals surface area contributed by atoms with E-state index in [0.717, 1.165) is 22.7 Å². The monoisotopic (exact) mass is 309 g/mol. The molecular weight excluding hydrogens is 294 g/mol. The number of imidazole rings is 1. The average Bonchev–Trinajstić information content (AvgIpc) is 2.76. The summed E-state index contributed by atoms with van der Waals surface area (Å²) in [6, 6.07) is 6.27. The highest BCUT2D eigenvalue weighted by Gasteiger charge is 2.05. The Balaban J connectivity index is 2.24. The lowest BCUT2D eigenvalue weighted by Crippen LogP contribution is -2.11. The van der Waals surface area contributed by atoms with Gasteiger partial charge in [-0.15, -0.1) is 0 Å². The van der Waals surface area contributed by atoms with Crippen molar-refractivity contribution >= 4 is 21.9 Å². The molecule has 2 aromatic rings. The fourth-order valence-corrected chi connectivity index (χ4v) is 2.36. The SMILES string of the molecule is COCCNc1nccn1-c1cc(C)cc(Br)c1. The van der Waals surface area contributed by atoms with Crippen LogP contribution in [0.3, 0.4) is 0 Å². The van der Waals surface area contributed by atoms with E-state index in [2.05, 4.69) is 51.4 Å². The minimum absolute atomic E-state index is 0.657. The van der Waals surface area contributed by atoms with Crippen LogP contribution in [0.25, 0.3) is 5.69 Å². The summed E-state index contributed by atoms with van der Waals surface area (Å²) in [5.41, 5.74) is 2.29. The van der Waals surface area contributed by atoms with Crippen LogP contribution in [0.2, 0.25) is 0 Å². The Morgan fingerprint density at radius 3 is 2.94 bits per heavy atom. The lowest BCUT2D eigenvalue weighted by atomic mass is 10.2. The molecule has 1 heterocycles. The van der Waals surface area contributed by atoms with Gasteiger partial charge in [0, 0.05) is 36.2 Å². The molecule has 5 heteroatoms. The maximum Gasteiger partial charge on any atom is 0.207 e. The first-order chi connectivity index (χ1) is 8.70. The van der Waals surface area contributed by atoms with E-state index in [4.69, 9.17) is 4.74 Å². The van der Waals surface area contributed by atoms with Gasteiger partial charge in [0.1, 0.15) is 0 Å². The van der Waals surface area contributed by atoms with E-state index in [-0.39, 0.29) is 0 Å². The maximum absolute atomic E-state index is 5.02. The number of ether oxygens (including phenoxy) is 1. The molecule has 2 rings (SSSR count). The van der Waals surface area contributed by atoms with Gasteiger partial charge in [0.2, 0.25) is 5.95 Å². The van der Waals surface area contributed by atoms with E-state index in [1.807, 2.05) is 10.8 Å². The molecule has 1 aromatic heterocycles. The minimum Gasteiger partial charge on any atom is -0.383 e. The minimum atomic E-state index is 0.657. The number of hydrogen-bond donors (Lipinski definition) is 1. The average molecular weight is 310 g/mol. The van der Waals surface area contributed by atoms with E-state index in [0.29, 0.717) is 6.61 Å². The van der Waals surface area contributed by atoms with E-state index in [1.54, 1.807) is 13.3 Å². The summed E-state index contributed by atoms with van der Waals surface area (Å²) in [5.74, 6) is 0.824. The molecule has 1 aromatic carbocycles. The molecule has 0 bridgehead atoms. The molecular formula is C13H16BrN3O. The van der Waals surface area contributed by atoms with Crippen LogP contribution < -0.4 is 5.32 Å². The number of halogens is 1. The van der Waals surface area contributed by atoms with Crippen LogP contribution in [0.15, 0.2) is 35.1 Å². The van der Waals surface area contributed by atoms with Crippen LogP contribution in [0.5, 0.6) is 0 Å². The van der Waals surface area contributed by atoms with Crippen LogP contribution in [0.1, 0.15) is 5.56 Å². The van der Waals surface area contributed by atoms with Gasteiger partial charge in [-0.1, -0.05) is 15.9 Å². The Labute approximate surface area is 115 Å². The van der Waals surface area contributed by atoms with Crippen molar-refractivity contribution in [2.75, 3.05) is 25.6 Å². The van der Waals surface area contributed by atoms with Gasteiger partial charge in [0.25, 0.3) is 0 Å². The summed E-state index contributed by atoms with van der Waals surface area (Å²) >= 11 is 3.51. The summed E-state index contributed by atoms with van der Waals surface area (Å²) in [7, 11) is 1.69. The number of nitrogens with one attached hydrogen (secondary N) is 1. The molecule has 0 aliphatic rings. The standard InChI is InChI=1S/C13H16BrN3O/c1-10-7-11(14)9-12(8-10)17-5-3-15-13(17)16-4-6-18-2/h3,5,7-9H,4,6H2,1-2H3,(H,15,16). The van der Waals surface area contributed by atoms with Crippen molar-refractivity contribution in [3.8, 4) is 5.69 Å². The number of benzene rings is 1. The van der Waals surface area contributed by atoms with Crippen LogP contribution in [0, 0.1) is 6.92 Å². The molecule has 0 fully saturated rings. The zero-order valence-electron chi connectivity index (χ0n) is 10.5. The zero-order chi connectivity index (χ0) is 13.0. The van der Waals surface area contributed by atoms with Gasteiger partial charge in [0.05, 0.1) is 6.61 Å². The summed E-state index contributed by atoms with van der Waals surface area (Å²) in [4.78, 5) is 4.30. The van der Waals surface area contributed by atoms with Crippen molar-refractivity contribution in [2.24, 2.45) is 0 Å². The first-order valence-corrected chi connectivity index (χ1v) is 6.54. The second-order valence-corrected chi connectivity index (χ2v) is 4.94. The van der Waals surface area contributed by atoms with E-state index >= 15 is 0 Å². The molecule has 0 atom stereocenters. The van der Waals surface area contributed by atoms with Crippen molar-refractivity contribution < 1.29 is 4.74 Å². The van der Waals surface area contributed by atoms with Crippen LogP contribution >= 0.6 is 15.9 Å². The highest BCUT2D eigenvalue weighted by Crippen LogP contribution is 2.21. The predicted molar refractivity (Wildman–Crippen MR) is 76.4 cm³/mol. The van der Waals surface area contributed by atoms with Crippen LogP contribution in [-0.4, -0.2) is 29.8 Å². The molecule has 1 N–H and O–H groups in total.